The SMILES string of the molecule is COCC(=O)COc1cc(C(C)(C)C)cc(C(C)(C)C)c1. The van der Waals surface area contributed by atoms with Crippen molar-refractivity contribution in [1.29, 1.82) is 0 Å². The minimum absolute atomic E-state index is 0.0376. The summed E-state index contributed by atoms with van der Waals surface area (Å²) >= 11 is 0. The van der Waals surface area contributed by atoms with Crippen molar-refractivity contribution in [2.45, 2.75) is 52.4 Å². The third kappa shape index (κ3) is 5.50. The van der Waals surface area contributed by atoms with Crippen LogP contribution >= 0.6 is 0 Å². The maximum atomic E-state index is 11.5. The Bertz CT molecular complexity index is 458. The highest BCUT2D eigenvalue weighted by molar-refractivity contribution is 5.81. The lowest BCUT2D eigenvalue weighted by Gasteiger charge is -2.26. The first-order valence-electron chi connectivity index (χ1n) is 7.33. The van der Waals surface area contributed by atoms with E-state index in [9.17, 15) is 4.79 Å². The van der Waals surface area contributed by atoms with Crippen molar-refractivity contribution in [1.82, 2.24) is 0 Å². The highest BCUT2D eigenvalue weighted by atomic mass is 16.5. The third-order valence-electron chi connectivity index (χ3n) is 3.34. The van der Waals surface area contributed by atoms with Crippen molar-refractivity contribution < 1.29 is 14.3 Å². The molecule has 3 heteroatoms. The van der Waals surface area contributed by atoms with Crippen LogP contribution in [0.25, 0.3) is 0 Å². The smallest absolute Gasteiger partial charge is 0.195 e. The third-order valence-corrected chi connectivity index (χ3v) is 3.34. The fraction of sp³-hybridized carbons (Fsp3) is 0.611. The molecule has 0 radical (unpaired) electrons. The summed E-state index contributed by atoms with van der Waals surface area (Å²) in [4.78, 5) is 11.5. The summed E-state index contributed by atoms with van der Waals surface area (Å²) < 4.78 is 10.5. The molecule has 0 aromatic heterocycles. The highest BCUT2D eigenvalue weighted by Crippen LogP contribution is 2.32. The van der Waals surface area contributed by atoms with E-state index in [2.05, 4.69) is 47.6 Å². The Morgan fingerprint density at radius 2 is 1.38 bits per heavy atom. The summed E-state index contributed by atoms with van der Waals surface area (Å²) in [5.74, 6) is 0.688. The van der Waals surface area contributed by atoms with Crippen LogP contribution in [0.1, 0.15) is 52.7 Å². The van der Waals surface area contributed by atoms with E-state index in [4.69, 9.17) is 9.47 Å². The van der Waals surface area contributed by atoms with Crippen LogP contribution in [0.2, 0.25) is 0 Å². The summed E-state index contributed by atoms with van der Waals surface area (Å²) in [6.45, 7) is 13.2. The molecule has 0 amide bonds. The number of hydrogen-bond donors (Lipinski definition) is 0. The van der Waals surface area contributed by atoms with Gasteiger partial charge in [0.05, 0.1) is 0 Å². The Balaban J connectivity index is 3.06. The molecule has 0 heterocycles. The lowest BCUT2D eigenvalue weighted by atomic mass is 9.80. The van der Waals surface area contributed by atoms with Gasteiger partial charge in [0.2, 0.25) is 0 Å². The van der Waals surface area contributed by atoms with E-state index in [1.165, 1.54) is 18.2 Å². The molecule has 0 aliphatic rings. The zero-order valence-electron chi connectivity index (χ0n) is 14.4. The quantitative estimate of drug-likeness (QED) is 0.826. The van der Waals surface area contributed by atoms with Gasteiger partial charge in [-0.1, -0.05) is 47.6 Å². The predicted molar refractivity (Wildman–Crippen MR) is 86.2 cm³/mol. The Morgan fingerprint density at radius 3 is 1.76 bits per heavy atom. The Kier molecular flexibility index (Phi) is 5.57. The summed E-state index contributed by atoms with van der Waals surface area (Å²) in [7, 11) is 1.51. The first kappa shape index (κ1) is 17.7. The van der Waals surface area contributed by atoms with Gasteiger partial charge >= 0.3 is 0 Å². The summed E-state index contributed by atoms with van der Waals surface area (Å²) in [6, 6.07) is 6.27. The van der Waals surface area contributed by atoms with Gasteiger partial charge in [0.1, 0.15) is 19.0 Å². The van der Waals surface area contributed by atoms with E-state index in [0.29, 0.717) is 0 Å². The Morgan fingerprint density at radius 1 is 0.905 bits per heavy atom. The molecule has 1 aromatic carbocycles. The van der Waals surface area contributed by atoms with Gasteiger partial charge in [-0.25, -0.2) is 0 Å². The number of ketones is 1. The van der Waals surface area contributed by atoms with Crippen molar-refractivity contribution in [2.24, 2.45) is 0 Å². The molecular weight excluding hydrogens is 264 g/mol. The monoisotopic (exact) mass is 292 g/mol. The molecule has 1 rings (SSSR count). The maximum absolute atomic E-state index is 11.5. The molecule has 0 fully saturated rings. The van der Waals surface area contributed by atoms with Gasteiger partial charge in [-0.2, -0.15) is 0 Å². The Hall–Kier alpha value is -1.35. The second kappa shape index (κ2) is 6.61. The number of rotatable bonds is 5. The molecule has 21 heavy (non-hydrogen) atoms. The average molecular weight is 292 g/mol. The minimum atomic E-state index is -0.0593. The van der Waals surface area contributed by atoms with Gasteiger partial charge in [0.25, 0.3) is 0 Å². The molecule has 0 atom stereocenters. The van der Waals surface area contributed by atoms with Crippen LogP contribution in [-0.2, 0) is 20.4 Å². The van der Waals surface area contributed by atoms with Gasteiger partial charge in [-0.15, -0.1) is 0 Å². The van der Waals surface area contributed by atoms with E-state index < -0.39 is 0 Å². The maximum Gasteiger partial charge on any atom is 0.195 e. The van der Waals surface area contributed by atoms with Gasteiger partial charge in [-0.3, -0.25) is 4.79 Å². The molecule has 1 aromatic rings. The molecule has 0 saturated heterocycles. The van der Waals surface area contributed by atoms with Crippen LogP contribution in [0.15, 0.2) is 18.2 Å². The van der Waals surface area contributed by atoms with E-state index in [1.54, 1.807) is 0 Å². The molecule has 0 aliphatic carbocycles. The van der Waals surface area contributed by atoms with Crippen LogP contribution in [0.3, 0.4) is 0 Å². The lowest BCUT2D eigenvalue weighted by Crippen LogP contribution is -2.19. The predicted octanol–water partition coefficient (Wildman–Crippen LogP) is 3.88. The number of benzene rings is 1. The lowest BCUT2D eigenvalue weighted by molar-refractivity contribution is -0.124. The van der Waals surface area contributed by atoms with Crippen molar-refractivity contribution in [3.8, 4) is 5.75 Å². The Labute approximate surface area is 128 Å². The first-order chi connectivity index (χ1) is 9.54. The molecule has 0 spiro atoms. The van der Waals surface area contributed by atoms with Crippen LogP contribution < -0.4 is 4.74 Å². The standard InChI is InChI=1S/C18H28O3/c1-17(2,3)13-8-14(18(4,5)6)10-16(9-13)21-12-15(19)11-20-7/h8-10H,11-12H2,1-7H3. The number of carbonyl (C=O) groups is 1. The van der Waals surface area contributed by atoms with Crippen molar-refractivity contribution >= 4 is 5.78 Å². The topological polar surface area (TPSA) is 35.5 Å². The molecule has 0 saturated carbocycles. The largest absolute Gasteiger partial charge is 0.486 e. The molecule has 0 unspecified atom stereocenters. The van der Waals surface area contributed by atoms with Crippen molar-refractivity contribution in [3.05, 3.63) is 29.3 Å². The molecule has 0 bridgehead atoms. The van der Waals surface area contributed by atoms with E-state index in [1.807, 2.05) is 12.1 Å². The van der Waals surface area contributed by atoms with Crippen LogP contribution in [0, 0.1) is 0 Å². The van der Waals surface area contributed by atoms with Crippen LogP contribution in [-0.4, -0.2) is 26.1 Å². The zero-order chi connectivity index (χ0) is 16.3. The number of carbonyl (C=O) groups excluding carboxylic acids is 1. The highest BCUT2D eigenvalue weighted by Gasteiger charge is 2.21. The number of Topliss-reactive ketones (excluding diaryl/α,β-unsaturated/α-hetero) is 1. The summed E-state index contributed by atoms with van der Waals surface area (Å²) in [5.41, 5.74) is 2.50. The second-order valence-electron chi connectivity index (χ2n) is 7.51. The number of hydrogen-bond acceptors (Lipinski definition) is 3. The minimum Gasteiger partial charge on any atom is -0.486 e. The van der Waals surface area contributed by atoms with E-state index >= 15 is 0 Å². The first-order valence-corrected chi connectivity index (χ1v) is 7.33. The van der Waals surface area contributed by atoms with Crippen LogP contribution in [0.5, 0.6) is 5.75 Å². The van der Waals surface area contributed by atoms with Crippen molar-refractivity contribution in [3.63, 3.8) is 0 Å². The molecule has 0 N–H and O–H groups in total. The number of methoxy groups -OCH3 is 1. The van der Waals surface area contributed by atoms with Crippen LogP contribution in [0.4, 0.5) is 0 Å². The summed E-state index contributed by atoms with van der Waals surface area (Å²) in [6.07, 6.45) is 0. The van der Waals surface area contributed by atoms with Gasteiger partial charge in [0, 0.05) is 7.11 Å². The molecular formula is C18H28O3. The number of ether oxygens (including phenoxy) is 2. The van der Waals surface area contributed by atoms with Gasteiger partial charge in [-0.05, 0) is 34.1 Å². The van der Waals surface area contributed by atoms with Gasteiger partial charge in [0.15, 0.2) is 5.78 Å². The molecule has 0 aliphatic heterocycles. The fourth-order valence-corrected chi connectivity index (χ4v) is 1.91. The van der Waals surface area contributed by atoms with Crippen molar-refractivity contribution in [2.75, 3.05) is 20.3 Å². The van der Waals surface area contributed by atoms with E-state index in [-0.39, 0.29) is 29.8 Å². The van der Waals surface area contributed by atoms with Gasteiger partial charge < -0.3 is 9.47 Å². The second-order valence-corrected chi connectivity index (χ2v) is 7.51. The summed E-state index contributed by atoms with van der Waals surface area (Å²) in [5, 5.41) is 0. The molecule has 3 nitrogen and oxygen atoms in total. The fourth-order valence-electron chi connectivity index (χ4n) is 1.91. The normalized spacial score (nSPS) is 12.3. The van der Waals surface area contributed by atoms with E-state index in [0.717, 1.165) is 5.75 Å². The molecule has 118 valence electrons. The average Bonchev–Trinajstić information content (AvgIpc) is 2.34. The zero-order valence-corrected chi connectivity index (χ0v) is 14.4.